The molecule has 2 aromatic carbocycles. The number of halogens is 18. The van der Waals surface area contributed by atoms with Gasteiger partial charge in [0.25, 0.3) is 0 Å². The van der Waals surface area contributed by atoms with Gasteiger partial charge in [-0.05, 0) is 35.4 Å². The van der Waals surface area contributed by atoms with Crippen LogP contribution < -0.4 is 0 Å². The van der Waals surface area contributed by atoms with Crippen LogP contribution in [0.4, 0.5) is 79.0 Å². The van der Waals surface area contributed by atoms with Crippen molar-refractivity contribution in [1.82, 2.24) is 0 Å². The summed E-state index contributed by atoms with van der Waals surface area (Å²) in [7, 11) is 0. The van der Waals surface area contributed by atoms with E-state index in [-0.39, 0.29) is 0 Å². The van der Waals surface area contributed by atoms with Crippen LogP contribution in [0.3, 0.4) is 0 Å². The standard InChI is InChI=1S/C21H8F18O/c22-16(23,24)10-5-14(20(34,35)36)12(18(28,29)30)3-7(10)1-9(40)2-8-4-13(19(31,32)33)15(21(37,38)39)6-11(8)17(25,26)27/h3-6H,1-2H2. The largest absolute Gasteiger partial charge is 0.417 e. The van der Waals surface area contributed by atoms with Gasteiger partial charge < -0.3 is 0 Å². The fraction of sp³-hybridized carbons (Fsp3) is 0.381. The van der Waals surface area contributed by atoms with E-state index in [9.17, 15) is 83.8 Å². The smallest absolute Gasteiger partial charge is 0.299 e. The number of hydrogen-bond donors (Lipinski definition) is 0. The molecule has 0 amide bonds. The van der Waals surface area contributed by atoms with Crippen molar-refractivity contribution >= 4 is 5.78 Å². The van der Waals surface area contributed by atoms with Crippen molar-refractivity contribution in [2.45, 2.75) is 49.9 Å². The van der Waals surface area contributed by atoms with Gasteiger partial charge in [-0.15, -0.1) is 0 Å². The Labute approximate surface area is 209 Å². The molecule has 0 aliphatic heterocycles. The molecule has 0 saturated heterocycles. The minimum Gasteiger partial charge on any atom is -0.299 e. The van der Waals surface area contributed by atoms with Gasteiger partial charge in [-0.25, -0.2) is 0 Å². The van der Waals surface area contributed by atoms with Crippen molar-refractivity contribution in [3.05, 3.63) is 68.8 Å². The second-order valence-corrected chi connectivity index (χ2v) is 7.99. The number of carbonyl (C=O) groups excluding carboxylic acids is 1. The second kappa shape index (κ2) is 10.0. The first kappa shape index (κ1) is 33.1. The maximum absolute atomic E-state index is 13.3. The van der Waals surface area contributed by atoms with E-state index in [2.05, 4.69) is 0 Å². The van der Waals surface area contributed by atoms with Crippen LogP contribution in [0.15, 0.2) is 24.3 Å². The normalized spacial score (nSPS) is 14.1. The van der Waals surface area contributed by atoms with Crippen LogP contribution in [0.2, 0.25) is 0 Å². The highest BCUT2D eigenvalue weighted by Gasteiger charge is 2.48. The molecule has 0 spiro atoms. The third-order valence-electron chi connectivity index (χ3n) is 5.09. The molecule has 0 heterocycles. The van der Waals surface area contributed by atoms with Gasteiger partial charge >= 0.3 is 37.1 Å². The number of carbonyl (C=O) groups is 1. The maximum Gasteiger partial charge on any atom is 0.417 e. The number of rotatable bonds is 4. The third-order valence-corrected chi connectivity index (χ3v) is 5.09. The summed E-state index contributed by atoms with van der Waals surface area (Å²) < 4.78 is 237. The van der Waals surface area contributed by atoms with E-state index in [1.165, 1.54) is 0 Å². The number of alkyl halides is 18. The second-order valence-electron chi connectivity index (χ2n) is 7.99. The quantitative estimate of drug-likeness (QED) is 0.313. The Morgan fingerprint density at radius 1 is 0.375 bits per heavy atom. The van der Waals surface area contributed by atoms with Gasteiger partial charge in [0.05, 0.1) is 33.4 Å². The van der Waals surface area contributed by atoms with Crippen molar-refractivity contribution in [2.24, 2.45) is 0 Å². The van der Waals surface area contributed by atoms with Gasteiger partial charge in [0.2, 0.25) is 0 Å². The van der Waals surface area contributed by atoms with E-state index in [4.69, 9.17) is 0 Å². The van der Waals surface area contributed by atoms with Crippen LogP contribution >= 0.6 is 0 Å². The summed E-state index contributed by atoms with van der Waals surface area (Å²) >= 11 is 0. The topological polar surface area (TPSA) is 17.1 Å². The molecular formula is C21H8F18O. The molecule has 0 unspecified atom stereocenters. The van der Waals surface area contributed by atoms with Crippen molar-refractivity contribution in [3.63, 3.8) is 0 Å². The van der Waals surface area contributed by atoms with Crippen molar-refractivity contribution < 1.29 is 83.8 Å². The summed E-state index contributed by atoms with van der Waals surface area (Å²) in [5, 5.41) is 0. The Bertz CT molecular complexity index is 1170. The van der Waals surface area contributed by atoms with Crippen LogP contribution in [0.5, 0.6) is 0 Å². The highest BCUT2D eigenvalue weighted by molar-refractivity contribution is 5.84. The zero-order chi connectivity index (χ0) is 31.4. The molecular weight excluding hydrogens is 610 g/mol. The van der Waals surface area contributed by atoms with E-state index < -0.39 is 124 Å². The van der Waals surface area contributed by atoms with E-state index in [1.54, 1.807) is 0 Å². The summed E-state index contributed by atoms with van der Waals surface area (Å²) in [5.41, 5.74) is -19.7. The molecule has 1 nitrogen and oxygen atoms in total. The Kier molecular flexibility index (Phi) is 8.30. The predicted octanol–water partition coefficient (Wildman–Crippen LogP) is 9.15. The van der Waals surface area contributed by atoms with Crippen LogP contribution in [0.25, 0.3) is 0 Å². The van der Waals surface area contributed by atoms with Gasteiger partial charge in [0.1, 0.15) is 5.78 Å². The minimum atomic E-state index is -6.01. The molecule has 40 heavy (non-hydrogen) atoms. The van der Waals surface area contributed by atoms with Crippen LogP contribution in [-0.4, -0.2) is 5.78 Å². The van der Waals surface area contributed by atoms with E-state index in [0.717, 1.165) is 0 Å². The molecule has 0 aliphatic carbocycles. The lowest BCUT2D eigenvalue weighted by molar-refractivity contribution is -0.163. The molecule has 0 fully saturated rings. The Balaban J connectivity index is 2.73. The van der Waals surface area contributed by atoms with E-state index in [0.29, 0.717) is 0 Å². The van der Waals surface area contributed by atoms with Crippen molar-refractivity contribution in [2.75, 3.05) is 0 Å². The van der Waals surface area contributed by atoms with E-state index >= 15 is 0 Å². The fourth-order valence-electron chi connectivity index (χ4n) is 3.53. The molecule has 0 saturated carbocycles. The molecule has 0 bridgehead atoms. The van der Waals surface area contributed by atoms with Gasteiger partial charge in [-0.3, -0.25) is 4.79 Å². The van der Waals surface area contributed by atoms with Crippen molar-refractivity contribution in [1.29, 1.82) is 0 Å². The first-order chi connectivity index (χ1) is 17.5. The van der Waals surface area contributed by atoms with Gasteiger partial charge in [-0.2, -0.15) is 79.0 Å². The summed E-state index contributed by atoms with van der Waals surface area (Å²) in [6.07, 6.45) is -39.7. The molecule has 0 aromatic heterocycles. The molecule has 0 atom stereocenters. The van der Waals surface area contributed by atoms with Crippen LogP contribution in [-0.2, 0) is 54.7 Å². The van der Waals surface area contributed by atoms with Crippen molar-refractivity contribution in [3.8, 4) is 0 Å². The molecule has 0 radical (unpaired) electrons. The number of hydrogen-bond acceptors (Lipinski definition) is 1. The summed E-state index contributed by atoms with van der Waals surface area (Å²) in [6.45, 7) is 0. The Morgan fingerprint density at radius 3 is 0.775 bits per heavy atom. The lowest BCUT2D eigenvalue weighted by Crippen LogP contribution is -2.23. The average Bonchev–Trinajstić information content (AvgIpc) is 2.68. The summed E-state index contributed by atoms with van der Waals surface area (Å²) in [6, 6.07) is -3.51. The minimum absolute atomic E-state index is 0.748. The summed E-state index contributed by atoms with van der Waals surface area (Å²) in [5.74, 6) is -2.00. The molecule has 224 valence electrons. The highest BCUT2D eigenvalue weighted by Crippen LogP contribution is 2.46. The van der Waals surface area contributed by atoms with Gasteiger partial charge in [-0.1, -0.05) is 0 Å². The van der Waals surface area contributed by atoms with Gasteiger partial charge in [0, 0.05) is 12.8 Å². The predicted molar refractivity (Wildman–Crippen MR) is 95.3 cm³/mol. The van der Waals surface area contributed by atoms with Crippen LogP contribution in [0, 0.1) is 0 Å². The zero-order valence-corrected chi connectivity index (χ0v) is 18.4. The number of benzene rings is 2. The first-order valence-electron chi connectivity index (χ1n) is 9.83. The molecule has 19 heteroatoms. The lowest BCUT2D eigenvalue weighted by Gasteiger charge is -2.22. The highest BCUT2D eigenvalue weighted by atomic mass is 19.4. The first-order valence-corrected chi connectivity index (χ1v) is 9.83. The lowest BCUT2D eigenvalue weighted by atomic mass is 9.90. The SMILES string of the molecule is O=C(Cc1cc(C(F)(F)F)c(C(F)(F)F)cc1C(F)(F)F)Cc1cc(C(F)(F)F)c(C(F)(F)F)cc1C(F)(F)F. The average molecular weight is 618 g/mol. The molecule has 2 rings (SSSR count). The monoisotopic (exact) mass is 618 g/mol. The number of Topliss-reactive ketones (excluding diaryl/α,β-unsaturated/α-hetero) is 1. The summed E-state index contributed by atoms with van der Waals surface area (Å²) in [4.78, 5) is 12.3. The molecule has 2 aromatic rings. The van der Waals surface area contributed by atoms with Gasteiger partial charge in [0.15, 0.2) is 0 Å². The maximum atomic E-state index is 13.3. The number of ketones is 1. The zero-order valence-electron chi connectivity index (χ0n) is 18.4. The fourth-order valence-corrected chi connectivity index (χ4v) is 3.53. The Morgan fingerprint density at radius 2 is 0.575 bits per heavy atom. The van der Waals surface area contributed by atoms with E-state index in [1.807, 2.05) is 0 Å². The van der Waals surface area contributed by atoms with Crippen LogP contribution in [0.1, 0.15) is 44.5 Å². The third kappa shape index (κ3) is 7.52. The Hall–Kier alpha value is -3.15. The molecule has 0 N–H and O–H groups in total. The molecule has 0 aliphatic rings.